The van der Waals surface area contributed by atoms with E-state index in [-0.39, 0.29) is 0 Å². The van der Waals surface area contributed by atoms with Gasteiger partial charge in [-0.05, 0) is 62.6 Å². The Hall–Kier alpha value is -1.15. The largest absolute Gasteiger partial charge is 0.317 e. The van der Waals surface area contributed by atoms with E-state index in [1.165, 1.54) is 37.7 Å². The molecule has 0 aromatic heterocycles. The normalized spacial score (nSPS) is 20.6. The van der Waals surface area contributed by atoms with Crippen molar-refractivity contribution in [3.8, 4) is 0 Å². The second-order valence-corrected chi connectivity index (χ2v) is 6.41. The van der Waals surface area contributed by atoms with Crippen LogP contribution in [0.25, 0.3) is 0 Å². The van der Waals surface area contributed by atoms with Crippen LogP contribution >= 0.6 is 0 Å². The molecule has 0 bridgehead atoms. The van der Waals surface area contributed by atoms with E-state index in [9.17, 15) is 4.79 Å². The number of benzene rings is 1. The topological polar surface area (TPSA) is 29.1 Å². The molecule has 0 amide bonds. The molecule has 1 saturated heterocycles. The molecule has 2 aliphatic rings. The average Bonchev–Trinajstić information content (AvgIpc) is 2.45. The van der Waals surface area contributed by atoms with Crippen LogP contribution in [0.2, 0.25) is 0 Å². The number of carbonyl (C=O) groups is 1. The lowest BCUT2D eigenvalue weighted by atomic mass is 9.80. The zero-order valence-electron chi connectivity index (χ0n) is 12.2. The van der Waals surface area contributed by atoms with Crippen LogP contribution in [-0.2, 0) is 0 Å². The molecular weight excluding hydrogens is 246 g/mol. The van der Waals surface area contributed by atoms with E-state index >= 15 is 0 Å². The number of ketones is 1. The smallest absolute Gasteiger partial charge is 0.162 e. The Balaban J connectivity index is 1.51. The molecule has 2 fully saturated rings. The van der Waals surface area contributed by atoms with Crippen LogP contribution in [0.5, 0.6) is 0 Å². The zero-order valence-corrected chi connectivity index (χ0v) is 12.2. The summed E-state index contributed by atoms with van der Waals surface area (Å²) in [7, 11) is 0. The summed E-state index contributed by atoms with van der Waals surface area (Å²) in [5, 5.41) is 3.38. The summed E-state index contributed by atoms with van der Waals surface area (Å²) in [5.41, 5.74) is 2.33. The van der Waals surface area contributed by atoms with Crippen LogP contribution < -0.4 is 5.32 Å². The molecule has 0 atom stereocenters. The zero-order chi connectivity index (χ0) is 13.8. The van der Waals surface area contributed by atoms with Crippen molar-refractivity contribution in [2.75, 3.05) is 13.1 Å². The number of hydrogen-bond donors (Lipinski definition) is 1. The number of piperidine rings is 1. The van der Waals surface area contributed by atoms with Gasteiger partial charge in [0.1, 0.15) is 0 Å². The fourth-order valence-electron chi connectivity index (χ4n) is 3.33. The lowest BCUT2D eigenvalue weighted by Crippen LogP contribution is -2.27. The third-order valence-electron chi connectivity index (χ3n) is 5.05. The van der Waals surface area contributed by atoms with E-state index in [1.807, 2.05) is 12.1 Å². The van der Waals surface area contributed by atoms with E-state index in [0.29, 0.717) is 12.2 Å². The molecule has 1 aromatic carbocycles. The second-order valence-electron chi connectivity index (χ2n) is 6.41. The molecule has 1 aliphatic carbocycles. The van der Waals surface area contributed by atoms with Gasteiger partial charge >= 0.3 is 0 Å². The van der Waals surface area contributed by atoms with Gasteiger partial charge in [-0.15, -0.1) is 0 Å². The van der Waals surface area contributed by atoms with Crippen molar-refractivity contribution in [1.82, 2.24) is 5.32 Å². The van der Waals surface area contributed by atoms with Gasteiger partial charge in [-0.3, -0.25) is 4.79 Å². The predicted molar refractivity (Wildman–Crippen MR) is 82.2 cm³/mol. The molecule has 1 aliphatic heterocycles. The molecule has 0 spiro atoms. The van der Waals surface area contributed by atoms with Crippen LogP contribution in [0.1, 0.15) is 66.8 Å². The summed E-state index contributed by atoms with van der Waals surface area (Å²) >= 11 is 0. The lowest BCUT2D eigenvalue weighted by Gasteiger charge is -2.25. The lowest BCUT2D eigenvalue weighted by molar-refractivity contribution is 0.0971. The monoisotopic (exact) mass is 271 g/mol. The van der Waals surface area contributed by atoms with Gasteiger partial charge in [0.15, 0.2) is 5.78 Å². The van der Waals surface area contributed by atoms with Crippen molar-refractivity contribution in [1.29, 1.82) is 0 Å². The predicted octanol–water partition coefficient (Wildman–Crippen LogP) is 3.92. The van der Waals surface area contributed by atoms with Gasteiger partial charge in [-0.25, -0.2) is 0 Å². The number of Topliss-reactive ketones (excluding diaryl/α,β-unsaturated/α-hetero) is 1. The van der Waals surface area contributed by atoms with Gasteiger partial charge in [0.25, 0.3) is 0 Å². The molecule has 20 heavy (non-hydrogen) atoms. The first kappa shape index (κ1) is 13.8. The van der Waals surface area contributed by atoms with E-state index < -0.39 is 0 Å². The SMILES string of the molecule is O=C(CCC1CCNCC1)c1ccc(C2CCC2)cc1. The number of carbonyl (C=O) groups excluding carboxylic acids is 1. The Kier molecular flexibility index (Phi) is 4.51. The minimum atomic E-state index is 0.323. The summed E-state index contributed by atoms with van der Waals surface area (Å²) < 4.78 is 0. The van der Waals surface area contributed by atoms with Crippen LogP contribution in [0, 0.1) is 5.92 Å². The Labute approximate surface area is 122 Å². The van der Waals surface area contributed by atoms with Crippen molar-refractivity contribution in [2.45, 2.75) is 50.9 Å². The van der Waals surface area contributed by atoms with Gasteiger partial charge in [-0.1, -0.05) is 30.7 Å². The molecule has 1 saturated carbocycles. The van der Waals surface area contributed by atoms with Gasteiger partial charge in [0.2, 0.25) is 0 Å². The van der Waals surface area contributed by atoms with E-state index in [4.69, 9.17) is 0 Å². The van der Waals surface area contributed by atoms with Crippen LogP contribution in [-0.4, -0.2) is 18.9 Å². The Morgan fingerprint density at radius 3 is 2.35 bits per heavy atom. The number of rotatable bonds is 5. The van der Waals surface area contributed by atoms with E-state index in [2.05, 4.69) is 17.4 Å². The third kappa shape index (κ3) is 3.29. The van der Waals surface area contributed by atoms with Crippen molar-refractivity contribution < 1.29 is 4.79 Å². The highest BCUT2D eigenvalue weighted by Crippen LogP contribution is 2.36. The third-order valence-corrected chi connectivity index (χ3v) is 5.05. The van der Waals surface area contributed by atoms with Gasteiger partial charge in [0.05, 0.1) is 0 Å². The molecule has 108 valence electrons. The molecule has 1 N–H and O–H groups in total. The summed E-state index contributed by atoms with van der Waals surface area (Å²) in [6.45, 7) is 2.24. The summed E-state index contributed by atoms with van der Waals surface area (Å²) in [4.78, 5) is 12.2. The average molecular weight is 271 g/mol. The minimum absolute atomic E-state index is 0.323. The first-order valence-electron chi connectivity index (χ1n) is 8.17. The fraction of sp³-hybridized carbons (Fsp3) is 0.611. The van der Waals surface area contributed by atoms with Gasteiger partial charge < -0.3 is 5.32 Å². The van der Waals surface area contributed by atoms with Gasteiger partial charge in [0, 0.05) is 12.0 Å². The van der Waals surface area contributed by atoms with E-state index in [1.54, 1.807) is 0 Å². The standard InChI is InChI=1S/C18H25NO/c20-18(9-4-14-10-12-19-13-11-14)17-7-5-16(6-8-17)15-2-1-3-15/h5-8,14-15,19H,1-4,9-13H2. The maximum atomic E-state index is 12.2. The molecule has 1 aromatic rings. The maximum Gasteiger partial charge on any atom is 0.162 e. The first-order chi connectivity index (χ1) is 9.83. The Bertz CT molecular complexity index is 441. The molecule has 0 unspecified atom stereocenters. The van der Waals surface area contributed by atoms with Gasteiger partial charge in [-0.2, -0.15) is 0 Å². The Morgan fingerprint density at radius 1 is 1.05 bits per heavy atom. The first-order valence-corrected chi connectivity index (χ1v) is 8.17. The van der Waals surface area contributed by atoms with Crippen molar-refractivity contribution in [3.05, 3.63) is 35.4 Å². The van der Waals surface area contributed by atoms with Crippen LogP contribution in [0.15, 0.2) is 24.3 Å². The highest BCUT2D eigenvalue weighted by molar-refractivity contribution is 5.96. The highest BCUT2D eigenvalue weighted by atomic mass is 16.1. The quantitative estimate of drug-likeness (QED) is 0.822. The summed E-state index contributed by atoms with van der Waals surface area (Å²) in [6.07, 6.45) is 8.24. The summed E-state index contributed by atoms with van der Waals surface area (Å²) in [5.74, 6) is 1.83. The molecule has 0 radical (unpaired) electrons. The van der Waals surface area contributed by atoms with Crippen LogP contribution in [0.3, 0.4) is 0 Å². The minimum Gasteiger partial charge on any atom is -0.317 e. The second kappa shape index (κ2) is 6.53. The van der Waals surface area contributed by atoms with Crippen molar-refractivity contribution in [3.63, 3.8) is 0 Å². The molecule has 3 rings (SSSR count). The van der Waals surface area contributed by atoms with Crippen molar-refractivity contribution >= 4 is 5.78 Å². The highest BCUT2D eigenvalue weighted by Gasteiger charge is 2.20. The number of nitrogens with one attached hydrogen (secondary N) is 1. The maximum absolute atomic E-state index is 12.2. The van der Waals surface area contributed by atoms with E-state index in [0.717, 1.165) is 36.9 Å². The fourth-order valence-corrected chi connectivity index (χ4v) is 3.33. The van der Waals surface area contributed by atoms with Crippen molar-refractivity contribution in [2.24, 2.45) is 5.92 Å². The summed E-state index contributed by atoms with van der Waals surface area (Å²) in [6, 6.07) is 8.42. The van der Waals surface area contributed by atoms with Crippen LogP contribution in [0.4, 0.5) is 0 Å². The molecule has 2 nitrogen and oxygen atoms in total. The molecule has 2 heteroatoms. The molecular formula is C18H25NO. The number of hydrogen-bond acceptors (Lipinski definition) is 2. The Morgan fingerprint density at radius 2 is 1.75 bits per heavy atom. The molecule has 1 heterocycles.